The minimum absolute atomic E-state index is 0.149. The molecule has 0 aromatic heterocycles. The lowest BCUT2D eigenvalue weighted by Gasteiger charge is -2.28. The summed E-state index contributed by atoms with van der Waals surface area (Å²) in [7, 11) is 0. The normalized spacial score (nSPS) is 22.1. The van der Waals surface area contributed by atoms with Gasteiger partial charge in [-0.2, -0.15) is 0 Å². The Hall–Kier alpha value is -1.55. The highest BCUT2D eigenvalue weighted by atomic mass is 16.5. The molecule has 0 bridgehead atoms. The van der Waals surface area contributed by atoms with Crippen molar-refractivity contribution in [1.29, 1.82) is 0 Å². The van der Waals surface area contributed by atoms with E-state index in [9.17, 15) is 9.90 Å². The molecule has 1 heterocycles. The van der Waals surface area contributed by atoms with E-state index in [0.29, 0.717) is 13.1 Å². The molecule has 1 atom stereocenters. The van der Waals surface area contributed by atoms with Gasteiger partial charge in [0, 0.05) is 31.2 Å². The van der Waals surface area contributed by atoms with E-state index in [1.165, 1.54) is 0 Å². The fourth-order valence-corrected chi connectivity index (χ4v) is 3.55. The third-order valence-corrected chi connectivity index (χ3v) is 4.82. The molecular formula is C18H25NO3. The fraction of sp³-hybridized carbons (Fsp3) is 0.611. The number of rotatable bonds is 5. The number of para-hydroxylation sites is 1. The van der Waals surface area contributed by atoms with E-state index in [-0.39, 0.29) is 23.7 Å². The molecule has 1 saturated carbocycles. The van der Waals surface area contributed by atoms with Crippen molar-refractivity contribution < 1.29 is 14.6 Å². The van der Waals surface area contributed by atoms with E-state index in [4.69, 9.17) is 4.74 Å². The topological polar surface area (TPSA) is 49.8 Å². The van der Waals surface area contributed by atoms with E-state index in [0.717, 1.165) is 50.7 Å². The van der Waals surface area contributed by atoms with E-state index < -0.39 is 0 Å². The first kappa shape index (κ1) is 15.3. The summed E-state index contributed by atoms with van der Waals surface area (Å²) in [5, 5.41) is 10.00. The zero-order valence-corrected chi connectivity index (χ0v) is 13.0. The van der Waals surface area contributed by atoms with Crippen LogP contribution in [0.4, 0.5) is 0 Å². The maximum atomic E-state index is 12.8. The summed E-state index contributed by atoms with van der Waals surface area (Å²) < 4.78 is 5.71. The molecule has 1 saturated heterocycles. The Morgan fingerprint density at radius 1 is 1.18 bits per heavy atom. The number of carbonyl (C=O) groups excluding carboxylic acids is 1. The first-order chi connectivity index (χ1) is 10.7. The van der Waals surface area contributed by atoms with Crippen molar-refractivity contribution in [2.75, 3.05) is 13.2 Å². The molecule has 2 aliphatic rings. The number of phenolic OH excluding ortho intramolecular Hbond substituents is 1. The van der Waals surface area contributed by atoms with Gasteiger partial charge in [-0.15, -0.1) is 0 Å². The van der Waals surface area contributed by atoms with Crippen LogP contribution in [0.1, 0.15) is 44.1 Å². The van der Waals surface area contributed by atoms with Gasteiger partial charge in [-0.25, -0.2) is 0 Å². The molecule has 1 amide bonds. The predicted molar refractivity (Wildman–Crippen MR) is 84.5 cm³/mol. The van der Waals surface area contributed by atoms with Gasteiger partial charge >= 0.3 is 0 Å². The highest BCUT2D eigenvalue weighted by Crippen LogP contribution is 2.29. The summed E-state index contributed by atoms with van der Waals surface area (Å²) in [6.07, 6.45) is 6.56. The number of aromatic hydroxyl groups is 1. The number of benzene rings is 1. The van der Waals surface area contributed by atoms with Crippen LogP contribution in [0.25, 0.3) is 0 Å². The average Bonchev–Trinajstić information content (AvgIpc) is 3.21. The number of nitrogens with zero attached hydrogens (tertiary/aromatic N) is 1. The molecule has 4 heteroatoms. The van der Waals surface area contributed by atoms with Crippen molar-refractivity contribution in [1.82, 2.24) is 4.90 Å². The van der Waals surface area contributed by atoms with Crippen LogP contribution in [0, 0.1) is 5.92 Å². The summed E-state index contributed by atoms with van der Waals surface area (Å²) in [6.45, 7) is 1.91. The second-order valence-electron chi connectivity index (χ2n) is 6.46. The molecule has 1 aromatic rings. The number of ether oxygens (including phenoxy) is 1. The smallest absolute Gasteiger partial charge is 0.226 e. The molecule has 1 aromatic carbocycles. The molecule has 22 heavy (non-hydrogen) atoms. The Kier molecular flexibility index (Phi) is 4.98. The molecule has 120 valence electrons. The Bertz CT molecular complexity index is 505. The van der Waals surface area contributed by atoms with Gasteiger partial charge in [0.1, 0.15) is 5.75 Å². The van der Waals surface area contributed by atoms with Crippen LogP contribution >= 0.6 is 0 Å². The molecule has 1 N–H and O–H groups in total. The third-order valence-electron chi connectivity index (χ3n) is 4.82. The van der Waals surface area contributed by atoms with Crippen molar-refractivity contribution in [2.24, 2.45) is 5.92 Å². The standard InChI is InChI=1S/C18H25NO3/c20-17-10-4-3-8-15(17)12-19(13-16-9-5-11-22-16)18(21)14-6-1-2-7-14/h3-4,8,10,14,16,20H,1-2,5-7,9,11-13H2. The highest BCUT2D eigenvalue weighted by Gasteiger charge is 2.30. The largest absolute Gasteiger partial charge is 0.508 e. The molecule has 0 spiro atoms. The Morgan fingerprint density at radius 3 is 2.64 bits per heavy atom. The quantitative estimate of drug-likeness (QED) is 0.909. The van der Waals surface area contributed by atoms with Crippen LogP contribution in [-0.2, 0) is 16.1 Å². The van der Waals surface area contributed by atoms with Crippen LogP contribution in [0.3, 0.4) is 0 Å². The van der Waals surface area contributed by atoms with Crippen LogP contribution in [0.15, 0.2) is 24.3 Å². The lowest BCUT2D eigenvalue weighted by Crippen LogP contribution is -2.39. The van der Waals surface area contributed by atoms with Gasteiger partial charge in [0.25, 0.3) is 0 Å². The molecule has 0 radical (unpaired) electrons. The van der Waals surface area contributed by atoms with E-state index >= 15 is 0 Å². The van der Waals surface area contributed by atoms with Gasteiger partial charge in [-0.05, 0) is 31.7 Å². The lowest BCUT2D eigenvalue weighted by atomic mass is 10.0. The SMILES string of the molecule is O=C(C1CCCC1)N(Cc1ccccc1O)CC1CCCO1. The van der Waals surface area contributed by atoms with E-state index in [1.54, 1.807) is 6.07 Å². The minimum Gasteiger partial charge on any atom is -0.508 e. The summed E-state index contributed by atoms with van der Waals surface area (Å²) >= 11 is 0. The summed E-state index contributed by atoms with van der Waals surface area (Å²) in [4.78, 5) is 14.7. The van der Waals surface area contributed by atoms with Crippen LogP contribution < -0.4 is 0 Å². The number of hydrogen-bond donors (Lipinski definition) is 1. The van der Waals surface area contributed by atoms with Gasteiger partial charge in [0.05, 0.1) is 6.10 Å². The second kappa shape index (κ2) is 7.14. The minimum atomic E-state index is 0.149. The molecule has 4 nitrogen and oxygen atoms in total. The Morgan fingerprint density at radius 2 is 1.95 bits per heavy atom. The van der Waals surface area contributed by atoms with E-state index in [1.807, 2.05) is 23.1 Å². The average molecular weight is 303 g/mol. The molecule has 1 aliphatic heterocycles. The third kappa shape index (κ3) is 3.61. The summed E-state index contributed by atoms with van der Waals surface area (Å²) in [6, 6.07) is 7.28. The summed E-state index contributed by atoms with van der Waals surface area (Å²) in [5.74, 6) is 0.655. The maximum absolute atomic E-state index is 12.8. The monoisotopic (exact) mass is 303 g/mol. The molecule has 1 unspecified atom stereocenters. The molecule has 2 fully saturated rings. The van der Waals surface area contributed by atoms with Gasteiger partial charge in [0.15, 0.2) is 0 Å². The highest BCUT2D eigenvalue weighted by molar-refractivity contribution is 5.79. The number of phenols is 1. The van der Waals surface area contributed by atoms with Crippen molar-refractivity contribution >= 4 is 5.91 Å². The van der Waals surface area contributed by atoms with Crippen LogP contribution in [-0.4, -0.2) is 35.2 Å². The predicted octanol–water partition coefficient (Wildman–Crippen LogP) is 3.09. The zero-order valence-electron chi connectivity index (χ0n) is 13.0. The van der Waals surface area contributed by atoms with Crippen LogP contribution in [0.2, 0.25) is 0 Å². The first-order valence-corrected chi connectivity index (χ1v) is 8.41. The maximum Gasteiger partial charge on any atom is 0.226 e. The van der Waals surface area contributed by atoms with Crippen molar-refractivity contribution in [3.05, 3.63) is 29.8 Å². The molecular weight excluding hydrogens is 278 g/mol. The van der Waals surface area contributed by atoms with Crippen molar-refractivity contribution in [3.63, 3.8) is 0 Å². The molecule has 3 rings (SSSR count). The molecule has 1 aliphatic carbocycles. The fourth-order valence-electron chi connectivity index (χ4n) is 3.55. The van der Waals surface area contributed by atoms with Gasteiger partial charge in [-0.3, -0.25) is 4.79 Å². The summed E-state index contributed by atoms with van der Waals surface area (Å²) in [5.41, 5.74) is 0.812. The Balaban J connectivity index is 1.72. The lowest BCUT2D eigenvalue weighted by molar-refractivity contribution is -0.137. The van der Waals surface area contributed by atoms with Crippen LogP contribution in [0.5, 0.6) is 5.75 Å². The zero-order chi connectivity index (χ0) is 15.4. The van der Waals surface area contributed by atoms with Crippen molar-refractivity contribution in [3.8, 4) is 5.75 Å². The Labute approximate surface area is 132 Å². The number of amides is 1. The van der Waals surface area contributed by atoms with Gasteiger partial charge in [0.2, 0.25) is 5.91 Å². The van der Waals surface area contributed by atoms with E-state index in [2.05, 4.69) is 0 Å². The number of hydrogen-bond acceptors (Lipinski definition) is 3. The van der Waals surface area contributed by atoms with Crippen molar-refractivity contribution in [2.45, 2.75) is 51.2 Å². The van der Waals surface area contributed by atoms with Gasteiger partial charge < -0.3 is 14.7 Å². The second-order valence-corrected chi connectivity index (χ2v) is 6.46. The number of carbonyl (C=O) groups is 1. The van der Waals surface area contributed by atoms with Gasteiger partial charge in [-0.1, -0.05) is 31.0 Å². The first-order valence-electron chi connectivity index (χ1n) is 8.41.